The van der Waals surface area contributed by atoms with Crippen LogP contribution < -0.4 is 5.32 Å². The maximum absolute atomic E-state index is 13.5. The summed E-state index contributed by atoms with van der Waals surface area (Å²) >= 11 is 0. The minimum atomic E-state index is -0.585. The number of fused-ring (bicyclic) bond motifs is 1. The Bertz CT molecular complexity index is 1150. The van der Waals surface area contributed by atoms with Crippen molar-refractivity contribution < 1.29 is 8.78 Å². The van der Waals surface area contributed by atoms with Gasteiger partial charge in [0.15, 0.2) is 0 Å². The highest BCUT2D eigenvalue weighted by atomic mass is 19.1. The average molecular weight is 393 g/mol. The van der Waals surface area contributed by atoms with E-state index in [0.717, 1.165) is 40.5 Å². The van der Waals surface area contributed by atoms with Gasteiger partial charge in [-0.3, -0.25) is 9.78 Å². The predicted molar refractivity (Wildman–Crippen MR) is 111 cm³/mol. The molecule has 0 radical (unpaired) electrons. The van der Waals surface area contributed by atoms with Crippen molar-refractivity contribution in [3.63, 3.8) is 0 Å². The second-order valence-corrected chi connectivity index (χ2v) is 6.90. The minimum absolute atomic E-state index is 0.261. The molecule has 0 saturated carbocycles. The molecular weight excluding hydrogens is 372 g/mol. The molecule has 0 saturated heterocycles. The number of hydrogen-bond donors (Lipinski definition) is 2. The van der Waals surface area contributed by atoms with Crippen molar-refractivity contribution >= 4 is 28.7 Å². The first-order valence-electron chi connectivity index (χ1n) is 9.43. The van der Waals surface area contributed by atoms with Crippen molar-refractivity contribution in [2.45, 2.75) is 26.4 Å². The fourth-order valence-electron chi connectivity index (χ4n) is 3.22. The van der Waals surface area contributed by atoms with Gasteiger partial charge in [0.2, 0.25) is 0 Å². The smallest absolute Gasteiger partial charge is 0.126 e. The molecule has 5 nitrogen and oxygen atoms in total. The molecule has 29 heavy (non-hydrogen) atoms. The van der Waals surface area contributed by atoms with Gasteiger partial charge < -0.3 is 5.32 Å². The first-order valence-corrected chi connectivity index (χ1v) is 9.43. The maximum Gasteiger partial charge on any atom is 0.126 e. The lowest BCUT2D eigenvalue weighted by Gasteiger charge is -2.16. The summed E-state index contributed by atoms with van der Waals surface area (Å²) in [6.45, 7) is 4.72. The van der Waals surface area contributed by atoms with E-state index in [2.05, 4.69) is 20.6 Å². The third-order valence-corrected chi connectivity index (χ3v) is 4.77. The molecule has 7 heteroatoms. The summed E-state index contributed by atoms with van der Waals surface area (Å²) in [6.07, 6.45) is 7.68. The molecule has 1 unspecified atom stereocenters. The number of H-pyrrole nitrogens is 1. The predicted octanol–water partition coefficient (Wildman–Crippen LogP) is 5.40. The van der Waals surface area contributed by atoms with Gasteiger partial charge in [-0.2, -0.15) is 10.2 Å². The highest BCUT2D eigenvalue weighted by Crippen LogP contribution is 2.26. The van der Waals surface area contributed by atoms with E-state index in [0.29, 0.717) is 5.56 Å². The maximum atomic E-state index is 13.5. The lowest BCUT2D eigenvalue weighted by molar-refractivity contribution is 0.577. The third kappa shape index (κ3) is 4.18. The van der Waals surface area contributed by atoms with E-state index >= 15 is 0 Å². The number of aromatic nitrogens is 4. The van der Waals surface area contributed by atoms with Crippen molar-refractivity contribution in [1.82, 2.24) is 20.0 Å². The fraction of sp³-hybridized carbons (Fsp3) is 0.182. The molecule has 2 heterocycles. The number of halogens is 2. The molecule has 2 aromatic carbocycles. The zero-order valence-corrected chi connectivity index (χ0v) is 16.2. The molecular formula is C22H21F2N5. The van der Waals surface area contributed by atoms with Crippen LogP contribution >= 0.6 is 0 Å². The number of nitrogens with one attached hydrogen (secondary N) is 2. The van der Waals surface area contributed by atoms with Crippen LogP contribution in [0.25, 0.3) is 23.1 Å². The summed E-state index contributed by atoms with van der Waals surface area (Å²) in [4.78, 5) is 0. The van der Waals surface area contributed by atoms with Crippen LogP contribution in [0.15, 0.2) is 48.8 Å². The topological polar surface area (TPSA) is 58.5 Å². The molecule has 0 spiro atoms. The molecule has 0 bridgehead atoms. The van der Waals surface area contributed by atoms with Gasteiger partial charge >= 0.3 is 0 Å². The van der Waals surface area contributed by atoms with Gasteiger partial charge in [0.1, 0.15) is 11.6 Å². The molecule has 0 amide bonds. The molecule has 0 fully saturated rings. The summed E-state index contributed by atoms with van der Waals surface area (Å²) in [5.41, 5.74) is 4.09. The largest absolute Gasteiger partial charge is 0.378 e. The van der Waals surface area contributed by atoms with Crippen LogP contribution in [0.2, 0.25) is 0 Å². The summed E-state index contributed by atoms with van der Waals surface area (Å²) in [7, 11) is 0. The quantitative estimate of drug-likeness (QED) is 0.461. The standard InChI is InChI=1S/C22H21F2N5/c1-3-29-13-15(12-25-29)4-6-21-20-11-19(5-7-22(20)28-27-21)26-14(2)16-8-17(23)10-18(24)9-16/h4-14,26H,3H2,1-2H3,(H,27,28). The van der Waals surface area contributed by atoms with E-state index in [1.165, 1.54) is 12.1 Å². The Kier molecular flexibility index (Phi) is 5.12. The van der Waals surface area contributed by atoms with E-state index in [4.69, 9.17) is 0 Å². The molecule has 1 atom stereocenters. The highest BCUT2D eigenvalue weighted by molar-refractivity contribution is 5.91. The zero-order chi connectivity index (χ0) is 20.4. The van der Waals surface area contributed by atoms with Gasteiger partial charge in [-0.15, -0.1) is 0 Å². The zero-order valence-electron chi connectivity index (χ0n) is 16.2. The van der Waals surface area contributed by atoms with E-state index in [1.54, 1.807) is 0 Å². The van der Waals surface area contributed by atoms with E-state index < -0.39 is 11.6 Å². The molecule has 148 valence electrons. The molecule has 0 aliphatic carbocycles. The lowest BCUT2D eigenvalue weighted by atomic mass is 10.1. The van der Waals surface area contributed by atoms with E-state index in [9.17, 15) is 8.78 Å². The third-order valence-electron chi connectivity index (χ3n) is 4.77. The minimum Gasteiger partial charge on any atom is -0.378 e. The Morgan fingerprint density at radius 3 is 2.66 bits per heavy atom. The normalized spacial score (nSPS) is 12.7. The molecule has 2 aromatic heterocycles. The fourth-order valence-corrected chi connectivity index (χ4v) is 3.22. The second-order valence-electron chi connectivity index (χ2n) is 6.90. The Labute approximate surface area is 167 Å². The van der Waals surface area contributed by atoms with Crippen LogP contribution in [0.4, 0.5) is 14.5 Å². The first-order chi connectivity index (χ1) is 14.0. The van der Waals surface area contributed by atoms with Crippen LogP contribution in [0, 0.1) is 11.6 Å². The van der Waals surface area contributed by atoms with Crippen LogP contribution in [0.3, 0.4) is 0 Å². The van der Waals surface area contributed by atoms with Gasteiger partial charge in [-0.25, -0.2) is 8.78 Å². The lowest BCUT2D eigenvalue weighted by Crippen LogP contribution is -2.07. The monoisotopic (exact) mass is 393 g/mol. The van der Waals surface area contributed by atoms with Crippen LogP contribution in [-0.4, -0.2) is 20.0 Å². The van der Waals surface area contributed by atoms with Gasteiger partial charge in [-0.1, -0.05) is 0 Å². The Morgan fingerprint density at radius 2 is 1.93 bits per heavy atom. The number of aromatic amines is 1. The molecule has 0 aliphatic rings. The number of anilines is 1. The van der Waals surface area contributed by atoms with Crippen molar-refractivity contribution in [3.8, 4) is 0 Å². The Balaban J connectivity index is 1.57. The van der Waals surface area contributed by atoms with Gasteiger partial charge in [-0.05, 0) is 61.9 Å². The molecule has 2 N–H and O–H groups in total. The number of aryl methyl sites for hydroxylation is 1. The van der Waals surface area contributed by atoms with Crippen molar-refractivity contribution in [1.29, 1.82) is 0 Å². The molecule has 0 aliphatic heterocycles. The summed E-state index contributed by atoms with van der Waals surface area (Å²) in [5, 5.41) is 15.9. The van der Waals surface area contributed by atoms with Crippen molar-refractivity contribution in [2.75, 3.05) is 5.32 Å². The summed E-state index contributed by atoms with van der Waals surface area (Å²) in [5.74, 6) is -1.17. The van der Waals surface area contributed by atoms with Crippen LogP contribution in [0.5, 0.6) is 0 Å². The highest BCUT2D eigenvalue weighted by Gasteiger charge is 2.10. The number of benzene rings is 2. The number of rotatable bonds is 6. The van der Waals surface area contributed by atoms with Crippen LogP contribution in [-0.2, 0) is 6.54 Å². The number of hydrogen-bond acceptors (Lipinski definition) is 3. The van der Waals surface area contributed by atoms with Gasteiger partial charge in [0.25, 0.3) is 0 Å². The molecule has 4 aromatic rings. The average Bonchev–Trinajstić information content (AvgIpc) is 3.32. The van der Waals surface area contributed by atoms with E-state index in [1.807, 2.05) is 61.3 Å². The van der Waals surface area contributed by atoms with Crippen LogP contribution in [0.1, 0.15) is 36.7 Å². The van der Waals surface area contributed by atoms with Crippen molar-refractivity contribution in [3.05, 3.63) is 77.2 Å². The molecule has 4 rings (SSSR count). The summed E-state index contributed by atoms with van der Waals surface area (Å²) in [6, 6.07) is 9.09. The Hall–Kier alpha value is -3.48. The Morgan fingerprint density at radius 1 is 1.14 bits per heavy atom. The van der Waals surface area contributed by atoms with Gasteiger partial charge in [0, 0.05) is 41.5 Å². The number of nitrogens with zero attached hydrogens (tertiary/aromatic N) is 3. The van der Waals surface area contributed by atoms with Gasteiger partial charge in [0.05, 0.1) is 17.4 Å². The van der Waals surface area contributed by atoms with E-state index in [-0.39, 0.29) is 6.04 Å². The SMILES string of the molecule is CCn1cc(C=Cc2n[nH]c3ccc(NC(C)c4cc(F)cc(F)c4)cc23)cn1. The van der Waals surface area contributed by atoms with Crippen molar-refractivity contribution in [2.24, 2.45) is 0 Å². The second kappa shape index (κ2) is 7.87. The summed E-state index contributed by atoms with van der Waals surface area (Å²) < 4.78 is 28.9. The first kappa shape index (κ1) is 18.9.